The van der Waals surface area contributed by atoms with Gasteiger partial charge in [0, 0.05) is 21.5 Å². The Hall–Kier alpha value is -0.540. The maximum Gasteiger partial charge on any atom is 0.251 e. The zero-order valence-electron chi connectivity index (χ0n) is 9.39. The zero-order chi connectivity index (χ0) is 12.2. The molecule has 0 atom stereocenters. The van der Waals surface area contributed by atoms with Crippen molar-refractivity contribution in [3.05, 3.63) is 34.3 Å². The molecule has 0 radical (unpaired) electrons. The van der Waals surface area contributed by atoms with Gasteiger partial charge in [0.15, 0.2) is 0 Å². The Morgan fingerprint density at radius 2 is 1.94 bits per heavy atom. The normalized spacial score (nSPS) is 11.2. The van der Waals surface area contributed by atoms with E-state index in [1.807, 2.05) is 26.0 Å². The van der Waals surface area contributed by atoms with Crippen molar-refractivity contribution in [3.8, 4) is 0 Å². The average Bonchev–Trinajstić information content (AvgIpc) is 2.17. The number of nitrogens with one attached hydrogen (secondary N) is 1. The lowest BCUT2D eigenvalue weighted by molar-refractivity contribution is 0.0911. The minimum absolute atomic E-state index is 0.0670. The summed E-state index contributed by atoms with van der Waals surface area (Å²) in [5.41, 5.74) is 0.386. The van der Waals surface area contributed by atoms with Crippen LogP contribution in [0.25, 0.3) is 0 Å². The lowest BCUT2D eigenvalue weighted by atomic mass is 10.0. The second-order valence-electron chi connectivity index (χ2n) is 4.28. The Kier molecular flexibility index (Phi) is 4.81. The summed E-state index contributed by atoms with van der Waals surface area (Å²) in [6, 6.07) is 7.28. The Labute approximate surface area is 110 Å². The van der Waals surface area contributed by atoms with E-state index in [9.17, 15) is 4.79 Å². The minimum Gasteiger partial charge on any atom is -0.347 e. The third-order valence-corrected chi connectivity index (χ3v) is 3.00. The first-order valence-corrected chi connectivity index (χ1v) is 6.41. The van der Waals surface area contributed by atoms with E-state index in [1.54, 1.807) is 12.1 Å². The van der Waals surface area contributed by atoms with Crippen LogP contribution in [0, 0.1) is 0 Å². The number of rotatable bonds is 4. The molecule has 16 heavy (non-hydrogen) atoms. The van der Waals surface area contributed by atoms with Crippen LogP contribution in [0.2, 0.25) is 0 Å². The van der Waals surface area contributed by atoms with E-state index in [-0.39, 0.29) is 11.4 Å². The van der Waals surface area contributed by atoms with Gasteiger partial charge in [-0.05, 0) is 44.5 Å². The Bertz CT molecular complexity index is 362. The van der Waals surface area contributed by atoms with E-state index in [2.05, 4.69) is 21.2 Å². The minimum atomic E-state index is -0.272. The van der Waals surface area contributed by atoms with Crippen LogP contribution >= 0.6 is 27.5 Å². The highest BCUT2D eigenvalue weighted by molar-refractivity contribution is 9.10. The summed E-state index contributed by atoms with van der Waals surface area (Å²) in [5.74, 6) is 0.468. The molecule has 0 aliphatic rings. The van der Waals surface area contributed by atoms with Gasteiger partial charge in [-0.2, -0.15) is 0 Å². The highest BCUT2D eigenvalue weighted by atomic mass is 79.9. The van der Waals surface area contributed by atoms with Crippen LogP contribution in [0.1, 0.15) is 30.6 Å². The van der Waals surface area contributed by atoms with Gasteiger partial charge < -0.3 is 5.32 Å². The van der Waals surface area contributed by atoms with Crippen molar-refractivity contribution in [2.75, 3.05) is 5.88 Å². The Morgan fingerprint density at radius 3 is 2.44 bits per heavy atom. The average molecular weight is 305 g/mol. The lowest BCUT2D eigenvalue weighted by Gasteiger charge is -2.25. The van der Waals surface area contributed by atoms with Crippen molar-refractivity contribution >= 4 is 33.4 Å². The van der Waals surface area contributed by atoms with E-state index in [0.717, 1.165) is 10.9 Å². The molecule has 4 heteroatoms. The summed E-state index contributed by atoms with van der Waals surface area (Å²) in [4.78, 5) is 11.9. The first kappa shape index (κ1) is 13.5. The summed E-state index contributed by atoms with van der Waals surface area (Å²) < 4.78 is 0.962. The summed E-state index contributed by atoms with van der Waals surface area (Å²) in [5, 5.41) is 2.95. The molecule has 0 aliphatic heterocycles. The fourth-order valence-electron chi connectivity index (χ4n) is 1.28. The molecule has 0 bridgehead atoms. The number of carbonyl (C=O) groups excluding carboxylic acids is 1. The monoisotopic (exact) mass is 303 g/mol. The van der Waals surface area contributed by atoms with Gasteiger partial charge in [0.2, 0.25) is 0 Å². The van der Waals surface area contributed by atoms with Crippen LogP contribution in [0.15, 0.2) is 28.7 Å². The molecule has 0 saturated heterocycles. The van der Waals surface area contributed by atoms with Crippen LogP contribution in [0.5, 0.6) is 0 Å². The molecule has 0 spiro atoms. The fourth-order valence-corrected chi connectivity index (χ4v) is 2.02. The van der Waals surface area contributed by atoms with Gasteiger partial charge in [-0.3, -0.25) is 4.79 Å². The van der Waals surface area contributed by atoms with Gasteiger partial charge >= 0.3 is 0 Å². The number of halogens is 2. The van der Waals surface area contributed by atoms with E-state index < -0.39 is 0 Å². The first-order chi connectivity index (χ1) is 7.44. The molecule has 0 aliphatic carbocycles. The highest BCUT2D eigenvalue weighted by Crippen LogP contribution is 2.13. The largest absolute Gasteiger partial charge is 0.347 e. The van der Waals surface area contributed by atoms with Crippen molar-refractivity contribution in [2.45, 2.75) is 25.8 Å². The topological polar surface area (TPSA) is 29.1 Å². The second kappa shape index (κ2) is 5.69. The van der Waals surface area contributed by atoms with E-state index in [1.165, 1.54) is 0 Å². The van der Waals surface area contributed by atoms with Crippen LogP contribution in [-0.2, 0) is 0 Å². The van der Waals surface area contributed by atoms with E-state index >= 15 is 0 Å². The molecule has 0 saturated carbocycles. The molecular formula is C12H15BrClNO. The predicted molar refractivity (Wildman–Crippen MR) is 71.0 cm³/mol. The number of amides is 1. The van der Waals surface area contributed by atoms with Crippen molar-refractivity contribution < 1.29 is 4.79 Å². The SMILES string of the molecule is CC(C)(CCCl)NC(=O)c1ccc(Br)cc1. The summed E-state index contributed by atoms with van der Waals surface area (Å²) in [6.07, 6.45) is 0.747. The number of alkyl halides is 1. The molecule has 0 aromatic heterocycles. The van der Waals surface area contributed by atoms with E-state index in [0.29, 0.717) is 11.4 Å². The van der Waals surface area contributed by atoms with Crippen LogP contribution in [0.4, 0.5) is 0 Å². The maximum absolute atomic E-state index is 11.9. The van der Waals surface area contributed by atoms with Crippen molar-refractivity contribution in [2.24, 2.45) is 0 Å². The van der Waals surface area contributed by atoms with Crippen molar-refractivity contribution in [1.82, 2.24) is 5.32 Å². The quantitative estimate of drug-likeness (QED) is 0.846. The predicted octanol–water partition coefficient (Wildman–Crippen LogP) is 3.59. The molecule has 2 nitrogen and oxygen atoms in total. The highest BCUT2D eigenvalue weighted by Gasteiger charge is 2.20. The molecule has 1 N–H and O–H groups in total. The zero-order valence-corrected chi connectivity index (χ0v) is 11.7. The van der Waals surface area contributed by atoms with Crippen LogP contribution < -0.4 is 5.32 Å². The summed E-state index contributed by atoms with van der Waals surface area (Å²) in [7, 11) is 0. The third-order valence-electron chi connectivity index (χ3n) is 2.28. The second-order valence-corrected chi connectivity index (χ2v) is 5.58. The molecule has 0 fully saturated rings. The Morgan fingerprint density at radius 1 is 1.38 bits per heavy atom. The number of carbonyl (C=O) groups is 1. The van der Waals surface area contributed by atoms with Gasteiger partial charge in [0.1, 0.15) is 0 Å². The van der Waals surface area contributed by atoms with Gasteiger partial charge in [0.25, 0.3) is 5.91 Å². The van der Waals surface area contributed by atoms with Gasteiger partial charge in [-0.1, -0.05) is 15.9 Å². The smallest absolute Gasteiger partial charge is 0.251 e. The molecule has 0 unspecified atom stereocenters. The molecule has 1 rings (SSSR count). The molecular weight excluding hydrogens is 289 g/mol. The number of hydrogen-bond donors (Lipinski definition) is 1. The number of hydrogen-bond acceptors (Lipinski definition) is 1. The van der Waals surface area contributed by atoms with Crippen LogP contribution in [-0.4, -0.2) is 17.3 Å². The van der Waals surface area contributed by atoms with Crippen molar-refractivity contribution in [1.29, 1.82) is 0 Å². The van der Waals surface area contributed by atoms with Gasteiger partial charge in [-0.25, -0.2) is 0 Å². The number of benzene rings is 1. The van der Waals surface area contributed by atoms with Gasteiger partial charge in [0.05, 0.1) is 0 Å². The molecule has 1 amide bonds. The molecule has 1 aromatic carbocycles. The third kappa shape index (κ3) is 4.14. The van der Waals surface area contributed by atoms with Gasteiger partial charge in [-0.15, -0.1) is 11.6 Å². The molecule has 88 valence electrons. The molecule has 0 heterocycles. The summed E-state index contributed by atoms with van der Waals surface area (Å²) in [6.45, 7) is 3.93. The first-order valence-electron chi connectivity index (χ1n) is 5.09. The van der Waals surface area contributed by atoms with E-state index in [4.69, 9.17) is 11.6 Å². The van der Waals surface area contributed by atoms with Crippen LogP contribution in [0.3, 0.4) is 0 Å². The fraction of sp³-hybridized carbons (Fsp3) is 0.417. The lowest BCUT2D eigenvalue weighted by Crippen LogP contribution is -2.43. The van der Waals surface area contributed by atoms with Crippen molar-refractivity contribution in [3.63, 3.8) is 0 Å². The molecule has 1 aromatic rings. The summed E-state index contributed by atoms with van der Waals surface area (Å²) >= 11 is 9.01. The standard InChI is InChI=1S/C12H15BrClNO/c1-12(2,7-8-14)15-11(16)9-3-5-10(13)6-4-9/h3-6H,7-8H2,1-2H3,(H,15,16). The Balaban J connectivity index is 2.69. The maximum atomic E-state index is 11.9.